The van der Waals surface area contributed by atoms with Gasteiger partial charge in [0.2, 0.25) is 0 Å². The monoisotopic (exact) mass is 336 g/mol. The van der Waals surface area contributed by atoms with Gasteiger partial charge in [0.25, 0.3) is 5.91 Å². The SMILES string of the molecule is COc1ccc(C(=O)N2CCC(c3nc4ccncc4n3C)C2)cc1. The van der Waals surface area contributed by atoms with Gasteiger partial charge >= 0.3 is 0 Å². The Morgan fingerprint density at radius 2 is 2.04 bits per heavy atom. The Morgan fingerprint density at radius 3 is 2.76 bits per heavy atom. The van der Waals surface area contributed by atoms with E-state index in [-0.39, 0.29) is 11.8 Å². The molecule has 0 N–H and O–H groups in total. The molecule has 4 rings (SSSR count). The second kappa shape index (κ2) is 6.20. The van der Waals surface area contributed by atoms with Crippen LogP contribution in [0.4, 0.5) is 0 Å². The van der Waals surface area contributed by atoms with Gasteiger partial charge in [0.15, 0.2) is 0 Å². The van der Waals surface area contributed by atoms with Crippen molar-refractivity contribution in [2.24, 2.45) is 7.05 Å². The number of aryl methyl sites for hydroxylation is 1. The Balaban J connectivity index is 1.53. The van der Waals surface area contributed by atoms with Gasteiger partial charge in [-0.25, -0.2) is 4.98 Å². The minimum atomic E-state index is 0.0607. The molecule has 0 radical (unpaired) electrons. The molecular formula is C19H20N4O2. The van der Waals surface area contributed by atoms with Gasteiger partial charge in [0, 0.05) is 37.8 Å². The summed E-state index contributed by atoms with van der Waals surface area (Å²) in [6.45, 7) is 1.44. The summed E-state index contributed by atoms with van der Waals surface area (Å²) >= 11 is 0. The fourth-order valence-electron chi connectivity index (χ4n) is 3.49. The molecule has 1 amide bonds. The number of carbonyl (C=O) groups excluding carboxylic acids is 1. The first-order valence-electron chi connectivity index (χ1n) is 8.37. The summed E-state index contributed by atoms with van der Waals surface area (Å²) in [6.07, 6.45) is 4.51. The fraction of sp³-hybridized carbons (Fsp3) is 0.316. The minimum Gasteiger partial charge on any atom is -0.497 e. The molecule has 0 bridgehead atoms. The van der Waals surface area contributed by atoms with Crippen molar-refractivity contribution in [3.8, 4) is 5.75 Å². The lowest BCUT2D eigenvalue weighted by atomic mass is 10.1. The quantitative estimate of drug-likeness (QED) is 0.738. The average Bonchev–Trinajstić information content (AvgIpc) is 3.27. The molecule has 1 aliphatic rings. The topological polar surface area (TPSA) is 60.2 Å². The summed E-state index contributed by atoms with van der Waals surface area (Å²) in [5.74, 6) is 2.09. The predicted molar refractivity (Wildman–Crippen MR) is 94.8 cm³/mol. The van der Waals surface area contributed by atoms with Crippen molar-refractivity contribution in [1.29, 1.82) is 0 Å². The largest absolute Gasteiger partial charge is 0.497 e. The zero-order valence-electron chi connectivity index (χ0n) is 14.3. The third-order valence-electron chi connectivity index (χ3n) is 4.90. The molecule has 2 aromatic heterocycles. The van der Waals surface area contributed by atoms with Crippen molar-refractivity contribution in [1.82, 2.24) is 19.4 Å². The van der Waals surface area contributed by atoms with E-state index in [1.165, 1.54) is 0 Å². The normalized spacial score (nSPS) is 17.2. The number of pyridine rings is 1. The number of fused-ring (bicyclic) bond motifs is 1. The molecule has 0 saturated carbocycles. The van der Waals surface area contributed by atoms with Crippen molar-refractivity contribution >= 4 is 16.9 Å². The number of aromatic nitrogens is 3. The van der Waals surface area contributed by atoms with Crippen molar-refractivity contribution in [3.05, 3.63) is 54.1 Å². The standard InChI is InChI=1S/C19H20N4O2/c1-22-17-11-20-9-7-16(17)21-18(22)14-8-10-23(12-14)19(24)13-3-5-15(25-2)6-4-13/h3-7,9,11,14H,8,10,12H2,1-2H3. The van der Waals surface area contributed by atoms with Crippen molar-refractivity contribution in [2.75, 3.05) is 20.2 Å². The van der Waals surface area contributed by atoms with E-state index in [0.717, 1.165) is 35.6 Å². The second-order valence-corrected chi connectivity index (χ2v) is 6.36. The summed E-state index contributed by atoms with van der Waals surface area (Å²) in [6, 6.07) is 9.19. The van der Waals surface area contributed by atoms with Gasteiger partial charge in [-0.1, -0.05) is 0 Å². The summed E-state index contributed by atoms with van der Waals surface area (Å²) in [5, 5.41) is 0. The van der Waals surface area contributed by atoms with E-state index in [1.807, 2.05) is 48.5 Å². The molecule has 1 fully saturated rings. The number of imidazole rings is 1. The number of benzene rings is 1. The number of rotatable bonds is 3. The Kier molecular flexibility index (Phi) is 3.87. The molecule has 25 heavy (non-hydrogen) atoms. The zero-order valence-corrected chi connectivity index (χ0v) is 14.3. The Morgan fingerprint density at radius 1 is 1.24 bits per heavy atom. The summed E-state index contributed by atoms with van der Waals surface area (Å²) in [5.41, 5.74) is 2.67. The lowest BCUT2D eigenvalue weighted by Gasteiger charge is -2.17. The first-order chi connectivity index (χ1) is 12.2. The van der Waals surface area contributed by atoms with E-state index < -0.39 is 0 Å². The van der Waals surface area contributed by atoms with Gasteiger partial charge in [-0.05, 0) is 36.8 Å². The number of carbonyl (C=O) groups is 1. The maximum absolute atomic E-state index is 12.7. The molecule has 6 nitrogen and oxygen atoms in total. The Hall–Kier alpha value is -2.89. The van der Waals surface area contributed by atoms with E-state index in [1.54, 1.807) is 13.3 Å². The molecule has 1 aromatic carbocycles. The molecule has 1 unspecified atom stereocenters. The van der Waals surface area contributed by atoms with Crippen LogP contribution in [0.25, 0.3) is 11.0 Å². The maximum Gasteiger partial charge on any atom is 0.253 e. The van der Waals surface area contributed by atoms with Crippen molar-refractivity contribution < 1.29 is 9.53 Å². The lowest BCUT2D eigenvalue weighted by molar-refractivity contribution is 0.0790. The zero-order chi connectivity index (χ0) is 17.4. The first kappa shape index (κ1) is 15.6. The van der Waals surface area contributed by atoms with Crippen molar-refractivity contribution in [3.63, 3.8) is 0 Å². The van der Waals surface area contributed by atoms with E-state index >= 15 is 0 Å². The summed E-state index contributed by atoms with van der Waals surface area (Å²) in [7, 11) is 3.63. The number of methoxy groups -OCH3 is 1. The van der Waals surface area contributed by atoms with Crippen LogP contribution in [0.5, 0.6) is 5.75 Å². The smallest absolute Gasteiger partial charge is 0.253 e. The van der Waals surface area contributed by atoms with Crippen LogP contribution < -0.4 is 4.74 Å². The molecule has 6 heteroatoms. The van der Waals surface area contributed by atoms with Crippen molar-refractivity contribution in [2.45, 2.75) is 12.3 Å². The third-order valence-corrected chi connectivity index (χ3v) is 4.90. The molecule has 1 aliphatic heterocycles. The van der Waals surface area contributed by atoms with Gasteiger partial charge in [-0.2, -0.15) is 0 Å². The molecule has 0 aliphatic carbocycles. The van der Waals surface area contributed by atoms with E-state index in [2.05, 4.69) is 9.55 Å². The number of amides is 1. The van der Waals surface area contributed by atoms with E-state index in [4.69, 9.17) is 9.72 Å². The van der Waals surface area contributed by atoms with Gasteiger partial charge in [-0.3, -0.25) is 9.78 Å². The highest BCUT2D eigenvalue weighted by Gasteiger charge is 2.30. The van der Waals surface area contributed by atoms with Crippen LogP contribution in [0.15, 0.2) is 42.7 Å². The molecule has 1 atom stereocenters. The van der Waals surface area contributed by atoms with Crippen LogP contribution in [0.3, 0.4) is 0 Å². The Labute approximate surface area is 146 Å². The van der Waals surface area contributed by atoms with E-state index in [9.17, 15) is 4.79 Å². The van der Waals surface area contributed by atoms with Crippen LogP contribution >= 0.6 is 0 Å². The predicted octanol–water partition coefficient (Wildman–Crippen LogP) is 2.61. The van der Waals surface area contributed by atoms with Crippen LogP contribution in [-0.2, 0) is 7.05 Å². The molecule has 0 spiro atoms. The Bertz CT molecular complexity index is 917. The minimum absolute atomic E-state index is 0.0607. The highest BCUT2D eigenvalue weighted by atomic mass is 16.5. The summed E-state index contributed by atoms with van der Waals surface area (Å²) < 4.78 is 7.24. The fourth-order valence-corrected chi connectivity index (χ4v) is 3.49. The highest BCUT2D eigenvalue weighted by molar-refractivity contribution is 5.94. The molecular weight excluding hydrogens is 316 g/mol. The molecule has 1 saturated heterocycles. The van der Waals surface area contributed by atoms with Crippen LogP contribution in [0.2, 0.25) is 0 Å². The number of hydrogen-bond donors (Lipinski definition) is 0. The number of nitrogens with zero attached hydrogens (tertiary/aromatic N) is 4. The van der Waals surface area contributed by atoms with Gasteiger partial charge in [-0.15, -0.1) is 0 Å². The first-order valence-corrected chi connectivity index (χ1v) is 8.37. The molecule has 3 aromatic rings. The molecule has 128 valence electrons. The average molecular weight is 336 g/mol. The second-order valence-electron chi connectivity index (χ2n) is 6.36. The molecule has 3 heterocycles. The number of hydrogen-bond acceptors (Lipinski definition) is 4. The van der Waals surface area contributed by atoms with Crippen LogP contribution in [0.1, 0.15) is 28.5 Å². The van der Waals surface area contributed by atoms with Crippen LogP contribution in [-0.4, -0.2) is 45.5 Å². The van der Waals surface area contributed by atoms with Gasteiger partial charge < -0.3 is 14.2 Å². The van der Waals surface area contributed by atoms with E-state index in [0.29, 0.717) is 12.1 Å². The lowest BCUT2D eigenvalue weighted by Crippen LogP contribution is -2.28. The number of ether oxygens (including phenoxy) is 1. The number of likely N-dealkylation sites (tertiary alicyclic amines) is 1. The van der Waals surface area contributed by atoms with Gasteiger partial charge in [0.1, 0.15) is 11.6 Å². The third kappa shape index (κ3) is 2.73. The van der Waals surface area contributed by atoms with Crippen LogP contribution in [0, 0.1) is 0 Å². The summed E-state index contributed by atoms with van der Waals surface area (Å²) in [4.78, 5) is 23.6. The highest BCUT2D eigenvalue weighted by Crippen LogP contribution is 2.29. The maximum atomic E-state index is 12.7. The van der Waals surface area contributed by atoms with Gasteiger partial charge in [0.05, 0.1) is 24.3 Å².